The number of methoxy groups -OCH3 is 1. The van der Waals surface area contributed by atoms with Crippen LogP contribution in [0.4, 0.5) is 0 Å². The van der Waals surface area contributed by atoms with Crippen LogP contribution in [0.5, 0.6) is 0 Å². The van der Waals surface area contributed by atoms with E-state index in [0.29, 0.717) is 12.6 Å². The third-order valence-electron chi connectivity index (χ3n) is 2.39. The van der Waals surface area contributed by atoms with Crippen molar-refractivity contribution in [2.45, 2.75) is 31.8 Å². The summed E-state index contributed by atoms with van der Waals surface area (Å²) < 4.78 is 5.04. The van der Waals surface area contributed by atoms with Crippen LogP contribution in [-0.4, -0.2) is 31.1 Å². The molecule has 0 aromatic heterocycles. The summed E-state index contributed by atoms with van der Waals surface area (Å²) in [6, 6.07) is 0.309. The first-order valence-electron chi connectivity index (χ1n) is 4.22. The fourth-order valence-electron chi connectivity index (χ4n) is 1.63. The molecule has 3 nitrogen and oxygen atoms in total. The van der Waals surface area contributed by atoms with Gasteiger partial charge in [-0.15, -0.1) is 6.04 Å². The van der Waals surface area contributed by atoms with Crippen molar-refractivity contribution in [2.24, 2.45) is 0 Å². The number of hydrogen-bond acceptors (Lipinski definition) is 3. The minimum atomic E-state index is -0.450. The SMILES string of the molecule is COCC1(C(C)=O)C[CH-]C(C)N1.[Y]. The summed E-state index contributed by atoms with van der Waals surface area (Å²) in [6.07, 6.45) is 2.89. The van der Waals surface area contributed by atoms with Crippen LogP contribution < -0.4 is 5.32 Å². The molecule has 1 aliphatic rings. The van der Waals surface area contributed by atoms with Crippen molar-refractivity contribution in [3.63, 3.8) is 0 Å². The second-order valence-electron chi connectivity index (χ2n) is 3.44. The molecule has 1 fully saturated rings. The van der Waals surface area contributed by atoms with E-state index >= 15 is 0 Å². The first-order chi connectivity index (χ1) is 5.60. The van der Waals surface area contributed by atoms with Crippen molar-refractivity contribution in [2.75, 3.05) is 13.7 Å². The Morgan fingerprint density at radius 3 is 2.69 bits per heavy atom. The van der Waals surface area contributed by atoms with Gasteiger partial charge in [0.1, 0.15) is 5.78 Å². The number of ether oxygens (including phenoxy) is 1. The Labute approximate surface area is 105 Å². The summed E-state index contributed by atoms with van der Waals surface area (Å²) in [7, 11) is 1.62. The van der Waals surface area contributed by atoms with E-state index in [1.807, 2.05) is 6.92 Å². The number of Topliss-reactive ketones (excluding diaryl/α,β-unsaturated/α-hetero) is 1. The molecular formula is C9H16NO2Y-. The van der Waals surface area contributed by atoms with E-state index in [0.717, 1.165) is 6.42 Å². The summed E-state index contributed by atoms with van der Waals surface area (Å²) in [5.74, 6) is 0.157. The fourth-order valence-corrected chi connectivity index (χ4v) is 1.63. The van der Waals surface area contributed by atoms with E-state index < -0.39 is 5.54 Å². The molecule has 0 bridgehead atoms. The molecule has 0 aromatic rings. The summed E-state index contributed by atoms with van der Waals surface area (Å²) in [6.45, 7) is 4.11. The Hall–Kier alpha value is 0.694. The molecule has 1 saturated heterocycles. The molecule has 0 aromatic carbocycles. The van der Waals surface area contributed by atoms with Crippen LogP contribution in [0.1, 0.15) is 20.3 Å². The van der Waals surface area contributed by atoms with E-state index in [1.54, 1.807) is 14.0 Å². The first-order valence-corrected chi connectivity index (χ1v) is 4.22. The Morgan fingerprint density at radius 1 is 1.77 bits per heavy atom. The minimum Gasteiger partial charge on any atom is -0.382 e. The van der Waals surface area contributed by atoms with Gasteiger partial charge in [0.2, 0.25) is 0 Å². The molecule has 1 rings (SSSR count). The smallest absolute Gasteiger partial charge is 0.149 e. The van der Waals surface area contributed by atoms with Gasteiger partial charge in [-0.3, -0.25) is 4.79 Å². The van der Waals surface area contributed by atoms with E-state index in [-0.39, 0.29) is 38.5 Å². The number of hydrogen-bond donors (Lipinski definition) is 1. The van der Waals surface area contributed by atoms with Gasteiger partial charge in [-0.05, 0) is 6.92 Å². The Morgan fingerprint density at radius 2 is 2.38 bits per heavy atom. The van der Waals surface area contributed by atoms with E-state index in [9.17, 15) is 4.79 Å². The predicted molar refractivity (Wildman–Crippen MR) is 46.8 cm³/mol. The Balaban J connectivity index is 0.00000144. The third-order valence-corrected chi connectivity index (χ3v) is 2.39. The fraction of sp³-hybridized carbons (Fsp3) is 0.778. The first kappa shape index (κ1) is 13.7. The summed E-state index contributed by atoms with van der Waals surface area (Å²) >= 11 is 0. The second-order valence-corrected chi connectivity index (χ2v) is 3.44. The standard InChI is InChI=1S/C9H16NO2.Y/c1-7-4-5-9(10-7,6-12-3)8(2)11;/h4,7,10H,5-6H2,1-3H3;/q-1;. The second kappa shape index (κ2) is 5.54. The van der Waals surface area contributed by atoms with E-state index in [1.165, 1.54) is 0 Å². The normalized spacial score (nSPS) is 32.7. The molecule has 1 N–H and O–H groups in total. The molecule has 0 spiro atoms. The number of nitrogens with one attached hydrogen (secondary N) is 1. The molecule has 4 heteroatoms. The average Bonchev–Trinajstić information content (AvgIpc) is 2.34. The monoisotopic (exact) mass is 259 g/mol. The van der Waals surface area contributed by atoms with Crippen LogP contribution in [0.2, 0.25) is 0 Å². The molecule has 1 heterocycles. The summed E-state index contributed by atoms with van der Waals surface area (Å²) in [4.78, 5) is 11.3. The molecule has 2 atom stereocenters. The molecule has 0 saturated carbocycles. The van der Waals surface area contributed by atoms with Crippen LogP contribution in [0.15, 0.2) is 0 Å². The maximum Gasteiger partial charge on any atom is 0.149 e. The van der Waals surface area contributed by atoms with Crippen molar-refractivity contribution in [1.82, 2.24) is 5.32 Å². The topological polar surface area (TPSA) is 38.3 Å². The van der Waals surface area contributed by atoms with Crippen LogP contribution in [0.25, 0.3) is 0 Å². The van der Waals surface area contributed by atoms with Gasteiger partial charge in [0.05, 0.1) is 12.1 Å². The van der Waals surface area contributed by atoms with E-state index in [2.05, 4.69) is 11.7 Å². The molecule has 0 aliphatic carbocycles. The maximum atomic E-state index is 11.3. The zero-order valence-electron chi connectivity index (χ0n) is 8.46. The van der Waals surface area contributed by atoms with Crippen LogP contribution in [0, 0.1) is 6.42 Å². The van der Waals surface area contributed by atoms with Crippen molar-refractivity contribution in [3.05, 3.63) is 6.42 Å². The zero-order valence-corrected chi connectivity index (χ0v) is 11.3. The third kappa shape index (κ3) is 3.08. The van der Waals surface area contributed by atoms with Gasteiger partial charge in [0.25, 0.3) is 0 Å². The van der Waals surface area contributed by atoms with Crippen LogP contribution >= 0.6 is 0 Å². The van der Waals surface area contributed by atoms with Crippen molar-refractivity contribution in [1.29, 1.82) is 0 Å². The van der Waals surface area contributed by atoms with Gasteiger partial charge in [-0.1, -0.05) is 6.92 Å². The molecule has 73 valence electrons. The Bertz CT molecular complexity index is 182. The van der Waals surface area contributed by atoms with Crippen molar-refractivity contribution >= 4 is 5.78 Å². The summed E-state index contributed by atoms with van der Waals surface area (Å²) in [5, 5.41) is 3.24. The number of carbonyl (C=O) groups is 1. The van der Waals surface area contributed by atoms with Crippen LogP contribution in [-0.2, 0) is 42.2 Å². The van der Waals surface area contributed by atoms with Gasteiger partial charge in [-0.25, -0.2) is 0 Å². The van der Waals surface area contributed by atoms with Crippen molar-refractivity contribution < 1.29 is 42.2 Å². The quantitative estimate of drug-likeness (QED) is 0.752. The van der Waals surface area contributed by atoms with Crippen LogP contribution in [0.3, 0.4) is 0 Å². The maximum absolute atomic E-state index is 11.3. The predicted octanol–water partition coefficient (Wildman–Crippen LogP) is 0.544. The number of ketones is 1. The minimum absolute atomic E-state index is 0. The van der Waals surface area contributed by atoms with Gasteiger partial charge in [-0.2, -0.15) is 6.42 Å². The average molecular weight is 259 g/mol. The molecule has 1 radical (unpaired) electrons. The summed E-state index contributed by atoms with van der Waals surface area (Å²) in [5.41, 5.74) is -0.450. The number of carbonyl (C=O) groups excluding carboxylic acids is 1. The molecule has 1 aliphatic heterocycles. The van der Waals surface area contributed by atoms with Gasteiger partial charge in [0.15, 0.2) is 0 Å². The van der Waals surface area contributed by atoms with E-state index in [4.69, 9.17) is 4.74 Å². The molecule has 0 amide bonds. The largest absolute Gasteiger partial charge is 0.382 e. The van der Waals surface area contributed by atoms with Gasteiger partial charge >= 0.3 is 0 Å². The number of rotatable bonds is 3. The molecule has 13 heavy (non-hydrogen) atoms. The van der Waals surface area contributed by atoms with Gasteiger partial charge in [0, 0.05) is 39.8 Å². The van der Waals surface area contributed by atoms with Gasteiger partial charge < -0.3 is 16.5 Å². The van der Waals surface area contributed by atoms with Crippen molar-refractivity contribution in [3.8, 4) is 0 Å². The molecule has 2 unspecified atom stereocenters. The molecular weight excluding hydrogens is 243 g/mol. The Kier molecular flexibility index (Phi) is 5.84. The zero-order chi connectivity index (χ0) is 9.19.